The number of carbonyl (C=O) groups is 2. The molecule has 0 spiro atoms. The number of nitrogens with zero attached hydrogens (tertiary/aromatic N) is 5. The van der Waals surface area contributed by atoms with Crippen molar-refractivity contribution in [2.75, 3.05) is 50.7 Å². The molecule has 9 nitrogen and oxygen atoms in total. The molecule has 0 unspecified atom stereocenters. The minimum atomic E-state index is -0.352. The first kappa shape index (κ1) is 18.4. The molecule has 2 aliphatic heterocycles. The Labute approximate surface area is 152 Å². The summed E-state index contributed by atoms with van der Waals surface area (Å²) in [5.41, 5.74) is 5.92. The van der Waals surface area contributed by atoms with Crippen molar-refractivity contribution >= 4 is 17.5 Å². The van der Waals surface area contributed by atoms with Gasteiger partial charge in [0.25, 0.3) is 5.56 Å². The van der Waals surface area contributed by atoms with Crippen LogP contribution in [-0.4, -0.2) is 77.2 Å². The summed E-state index contributed by atoms with van der Waals surface area (Å²) >= 11 is 0. The average Bonchev–Trinajstić information content (AvgIpc) is 2.63. The quantitative estimate of drug-likeness (QED) is 0.708. The molecule has 1 aromatic heterocycles. The molecule has 2 saturated heterocycles. The van der Waals surface area contributed by atoms with E-state index < -0.39 is 0 Å². The minimum absolute atomic E-state index is 0.0691. The van der Waals surface area contributed by atoms with E-state index in [1.54, 1.807) is 19.3 Å². The van der Waals surface area contributed by atoms with Gasteiger partial charge in [-0.25, -0.2) is 4.68 Å². The summed E-state index contributed by atoms with van der Waals surface area (Å²) in [5.74, 6) is -0.268. The number of anilines is 1. The molecule has 0 aliphatic carbocycles. The lowest BCUT2D eigenvalue weighted by Crippen LogP contribution is -2.53. The van der Waals surface area contributed by atoms with Crippen molar-refractivity contribution in [3.05, 3.63) is 22.6 Å². The average molecular weight is 362 g/mol. The first-order valence-corrected chi connectivity index (χ1v) is 9.02. The van der Waals surface area contributed by atoms with E-state index in [-0.39, 0.29) is 29.8 Å². The standard InChI is InChI=1S/C17H26N6O3/c1-20-16(25)9-14(10-19-20)22-5-7-23(8-6-22)17(26)13-3-2-4-21(11-13)12-15(18)24/h9-10,13H,2-8,11-12H2,1H3,(H2,18,24)/t13-/m0/s1. The van der Waals surface area contributed by atoms with Gasteiger partial charge in [-0.05, 0) is 19.4 Å². The Morgan fingerprint density at radius 3 is 2.62 bits per heavy atom. The van der Waals surface area contributed by atoms with Crippen LogP contribution in [0.1, 0.15) is 12.8 Å². The maximum Gasteiger partial charge on any atom is 0.268 e. The van der Waals surface area contributed by atoms with Gasteiger partial charge in [0.15, 0.2) is 0 Å². The zero-order valence-electron chi connectivity index (χ0n) is 15.1. The van der Waals surface area contributed by atoms with Crippen LogP contribution in [0.15, 0.2) is 17.1 Å². The highest BCUT2D eigenvalue weighted by Crippen LogP contribution is 2.20. The number of aromatic nitrogens is 2. The predicted molar refractivity (Wildman–Crippen MR) is 96.6 cm³/mol. The molecule has 2 fully saturated rings. The van der Waals surface area contributed by atoms with E-state index in [1.807, 2.05) is 9.80 Å². The van der Waals surface area contributed by atoms with Crippen LogP contribution in [0.4, 0.5) is 5.69 Å². The van der Waals surface area contributed by atoms with Crippen molar-refractivity contribution in [1.29, 1.82) is 0 Å². The van der Waals surface area contributed by atoms with Crippen molar-refractivity contribution in [1.82, 2.24) is 19.6 Å². The van der Waals surface area contributed by atoms with Crippen molar-refractivity contribution < 1.29 is 9.59 Å². The molecule has 1 atom stereocenters. The van der Waals surface area contributed by atoms with E-state index in [1.165, 1.54) is 4.68 Å². The SMILES string of the molecule is Cn1ncc(N2CCN(C(=O)[C@H]3CCCN(CC(N)=O)C3)CC2)cc1=O. The molecule has 0 saturated carbocycles. The van der Waals surface area contributed by atoms with Crippen LogP contribution < -0.4 is 16.2 Å². The maximum atomic E-state index is 12.8. The van der Waals surface area contributed by atoms with E-state index in [0.29, 0.717) is 32.7 Å². The zero-order valence-corrected chi connectivity index (χ0v) is 15.1. The molecule has 9 heteroatoms. The molecule has 3 heterocycles. The lowest BCUT2D eigenvalue weighted by molar-refractivity contribution is -0.138. The second kappa shape index (κ2) is 7.86. The Hall–Kier alpha value is -2.42. The van der Waals surface area contributed by atoms with Crippen LogP contribution in [0.2, 0.25) is 0 Å². The molecule has 0 bridgehead atoms. The molecule has 0 aromatic carbocycles. The molecule has 0 radical (unpaired) electrons. The Morgan fingerprint density at radius 1 is 1.23 bits per heavy atom. The molecular formula is C17H26N6O3. The molecular weight excluding hydrogens is 336 g/mol. The molecule has 1 aromatic rings. The first-order valence-electron chi connectivity index (χ1n) is 9.02. The van der Waals surface area contributed by atoms with Gasteiger partial charge in [-0.1, -0.05) is 0 Å². The van der Waals surface area contributed by atoms with Gasteiger partial charge >= 0.3 is 0 Å². The monoisotopic (exact) mass is 362 g/mol. The number of piperidine rings is 1. The molecule has 26 heavy (non-hydrogen) atoms. The van der Waals surface area contributed by atoms with Crippen LogP contribution in [0, 0.1) is 5.92 Å². The van der Waals surface area contributed by atoms with Gasteiger partial charge < -0.3 is 15.5 Å². The van der Waals surface area contributed by atoms with Crippen molar-refractivity contribution in [2.24, 2.45) is 18.7 Å². The fourth-order valence-corrected chi connectivity index (χ4v) is 3.70. The van der Waals surface area contributed by atoms with Crippen molar-refractivity contribution in [2.45, 2.75) is 12.8 Å². The Morgan fingerprint density at radius 2 is 1.96 bits per heavy atom. The van der Waals surface area contributed by atoms with Gasteiger partial charge in [-0.2, -0.15) is 5.10 Å². The van der Waals surface area contributed by atoms with Crippen LogP contribution >= 0.6 is 0 Å². The summed E-state index contributed by atoms with van der Waals surface area (Å²) < 4.78 is 1.30. The lowest BCUT2D eigenvalue weighted by atomic mass is 9.96. The van der Waals surface area contributed by atoms with Gasteiger partial charge in [0.05, 0.1) is 24.3 Å². The molecule has 2 amide bonds. The van der Waals surface area contributed by atoms with Crippen molar-refractivity contribution in [3.8, 4) is 0 Å². The highest BCUT2D eigenvalue weighted by Gasteiger charge is 2.31. The Kier molecular flexibility index (Phi) is 5.55. The van der Waals surface area contributed by atoms with Gasteiger partial charge in [0.2, 0.25) is 11.8 Å². The van der Waals surface area contributed by atoms with E-state index in [2.05, 4.69) is 10.00 Å². The smallest absolute Gasteiger partial charge is 0.268 e. The highest BCUT2D eigenvalue weighted by atomic mass is 16.2. The topological polar surface area (TPSA) is 105 Å². The number of primary amides is 1. The van der Waals surface area contributed by atoms with E-state index in [4.69, 9.17) is 5.73 Å². The van der Waals surface area contributed by atoms with Gasteiger partial charge in [-0.3, -0.25) is 19.3 Å². The first-order chi connectivity index (χ1) is 12.4. The number of carbonyl (C=O) groups excluding carboxylic acids is 2. The summed E-state index contributed by atoms with van der Waals surface area (Å²) in [4.78, 5) is 41.6. The Bertz CT molecular complexity index is 725. The summed E-state index contributed by atoms with van der Waals surface area (Å²) in [6.07, 6.45) is 3.44. The second-order valence-electron chi connectivity index (χ2n) is 7.03. The molecule has 3 rings (SSSR count). The molecule has 142 valence electrons. The Balaban J connectivity index is 1.55. The third kappa shape index (κ3) is 4.21. The fourth-order valence-electron chi connectivity index (χ4n) is 3.70. The second-order valence-corrected chi connectivity index (χ2v) is 7.03. The van der Waals surface area contributed by atoms with Gasteiger partial charge in [0, 0.05) is 45.8 Å². The third-order valence-corrected chi connectivity index (χ3v) is 5.14. The molecule has 2 aliphatic rings. The number of nitrogens with two attached hydrogens (primary N) is 1. The number of hydrogen-bond donors (Lipinski definition) is 1. The largest absolute Gasteiger partial charge is 0.369 e. The van der Waals surface area contributed by atoms with Crippen molar-refractivity contribution in [3.63, 3.8) is 0 Å². The third-order valence-electron chi connectivity index (χ3n) is 5.14. The predicted octanol–water partition coefficient (Wildman–Crippen LogP) is -1.37. The van der Waals surface area contributed by atoms with Crippen LogP contribution in [-0.2, 0) is 16.6 Å². The molecule has 2 N–H and O–H groups in total. The van der Waals surface area contributed by atoms with Crippen LogP contribution in [0.3, 0.4) is 0 Å². The zero-order chi connectivity index (χ0) is 18.7. The van der Waals surface area contributed by atoms with E-state index >= 15 is 0 Å². The van der Waals surface area contributed by atoms with Crippen LogP contribution in [0.25, 0.3) is 0 Å². The number of hydrogen-bond acceptors (Lipinski definition) is 6. The number of piperazine rings is 1. The number of amides is 2. The maximum absolute atomic E-state index is 12.8. The fraction of sp³-hybridized carbons (Fsp3) is 0.647. The number of rotatable bonds is 4. The summed E-state index contributed by atoms with van der Waals surface area (Å²) in [7, 11) is 1.62. The lowest BCUT2D eigenvalue weighted by Gasteiger charge is -2.39. The van der Waals surface area contributed by atoms with Crippen LogP contribution in [0.5, 0.6) is 0 Å². The number of aryl methyl sites for hydroxylation is 1. The highest BCUT2D eigenvalue weighted by molar-refractivity contribution is 5.80. The summed E-state index contributed by atoms with van der Waals surface area (Å²) in [6, 6.07) is 1.58. The normalized spacial score (nSPS) is 21.7. The summed E-state index contributed by atoms with van der Waals surface area (Å²) in [5, 5.41) is 4.05. The summed E-state index contributed by atoms with van der Waals surface area (Å²) in [6.45, 7) is 4.24. The minimum Gasteiger partial charge on any atom is -0.369 e. The van der Waals surface area contributed by atoms with Gasteiger partial charge in [-0.15, -0.1) is 0 Å². The van der Waals surface area contributed by atoms with E-state index in [9.17, 15) is 14.4 Å². The van der Waals surface area contributed by atoms with Gasteiger partial charge in [0.1, 0.15) is 0 Å². The number of likely N-dealkylation sites (tertiary alicyclic amines) is 1. The van der Waals surface area contributed by atoms with E-state index in [0.717, 1.165) is 25.1 Å².